The van der Waals surface area contributed by atoms with Gasteiger partial charge in [-0.3, -0.25) is 0 Å². The standard InChI is InChI=1S/C48H32N2O/c1-48(2)39-21-7-3-17-33(39)37-27-38-34-18-5-9-23-42(34)50(43(38)28-40(37)48)32-16-12-14-30(26-32)29-13-11-15-31(25-29)45-35-19-4-8-22-41(35)49-46-36-20-6-10-24-44(36)51-47(45)46/h3-28H,1-2H3. The van der Waals surface area contributed by atoms with Crippen LogP contribution in [0, 0.1) is 0 Å². The first-order valence-corrected chi connectivity index (χ1v) is 17.6. The van der Waals surface area contributed by atoms with Gasteiger partial charge in [-0.1, -0.05) is 117 Å². The third kappa shape index (κ3) is 3.97. The summed E-state index contributed by atoms with van der Waals surface area (Å²) < 4.78 is 8.99. The molecule has 0 saturated heterocycles. The number of rotatable bonds is 3. The molecule has 10 aromatic rings. The number of aromatic nitrogens is 2. The molecule has 0 saturated carbocycles. The Morgan fingerprint density at radius 3 is 2.12 bits per heavy atom. The van der Waals surface area contributed by atoms with Gasteiger partial charge in [0.15, 0.2) is 5.58 Å². The lowest BCUT2D eigenvalue weighted by molar-refractivity contribution is 0.661. The lowest BCUT2D eigenvalue weighted by atomic mass is 9.82. The zero-order valence-corrected chi connectivity index (χ0v) is 28.3. The van der Waals surface area contributed by atoms with E-state index in [-0.39, 0.29) is 5.41 Å². The molecule has 7 aromatic carbocycles. The van der Waals surface area contributed by atoms with Crippen molar-refractivity contribution in [3.63, 3.8) is 0 Å². The Labute approximate surface area is 295 Å². The lowest BCUT2D eigenvalue weighted by Gasteiger charge is -2.21. The van der Waals surface area contributed by atoms with Crippen LogP contribution in [-0.2, 0) is 5.41 Å². The fraction of sp³-hybridized carbons (Fsp3) is 0.0625. The van der Waals surface area contributed by atoms with E-state index in [0.29, 0.717) is 0 Å². The van der Waals surface area contributed by atoms with Gasteiger partial charge in [0.1, 0.15) is 11.1 Å². The monoisotopic (exact) mass is 652 g/mol. The summed E-state index contributed by atoms with van der Waals surface area (Å²) in [4.78, 5) is 5.07. The van der Waals surface area contributed by atoms with Gasteiger partial charge in [-0.25, -0.2) is 4.98 Å². The Kier molecular flexibility index (Phi) is 5.73. The van der Waals surface area contributed by atoms with E-state index < -0.39 is 0 Å². The first-order chi connectivity index (χ1) is 25.0. The molecule has 3 heterocycles. The molecule has 1 aliphatic rings. The Morgan fingerprint density at radius 2 is 1.22 bits per heavy atom. The summed E-state index contributed by atoms with van der Waals surface area (Å²) in [6, 6.07) is 57.0. The molecule has 240 valence electrons. The molecule has 3 aromatic heterocycles. The second-order valence-electron chi connectivity index (χ2n) is 14.3. The molecule has 3 nitrogen and oxygen atoms in total. The van der Waals surface area contributed by atoms with Gasteiger partial charge in [0.05, 0.1) is 16.6 Å². The molecule has 0 unspecified atom stereocenters. The molecule has 0 fully saturated rings. The molecule has 0 aliphatic heterocycles. The topological polar surface area (TPSA) is 31.0 Å². The zero-order valence-electron chi connectivity index (χ0n) is 28.3. The number of benzene rings is 7. The van der Waals surface area contributed by atoms with E-state index in [4.69, 9.17) is 9.40 Å². The predicted molar refractivity (Wildman–Crippen MR) is 212 cm³/mol. The molecule has 0 spiro atoms. The van der Waals surface area contributed by atoms with Crippen molar-refractivity contribution in [2.75, 3.05) is 0 Å². The van der Waals surface area contributed by atoms with Crippen molar-refractivity contribution in [2.45, 2.75) is 19.3 Å². The second-order valence-corrected chi connectivity index (χ2v) is 14.3. The van der Waals surface area contributed by atoms with Gasteiger partial charge in [-0.2, -0.15) is 0 Å². The van der Waals surface area contributed by atoms with E-state index in [9.17, 15) is 0 Å². The average molecular weight is 653 g/mol. The molecule has 0 amide bonds. The van der Waals surface area contributed by atoms with E-state index in [2.05, 4.69) is 158 Å². The molecule has 0 bridgehead atoms. The SMILES string of the molecule is CC1(C)c2ccccc2-c2cc3c4ccccc4n(-c4cccc(-c5cccc(-c6c7ccccc7nc7c6oc6ccccc67)c5)c4)c3cc21. The highest BCUT2D eigenvalue weighted by molar-refractivity contribution is 6.15. The third-order valence-corrected chi connectivity index (χ3v) is 11.2. The lowest BCUT2D eigenvalue weighted by Crippen LogP contribution is -2.14. The Balaban J connectivity index is 1.11. The van der Waals surface area contributed by atoms with Crippen molar-refractivity contribution in [2.24, 2.45) is 0 Å². The maximum atomic E-state index is 6.54. The van der Waals surface area contributed by atoms with Crippen LogP contribution in [0.25, 0.3) is 93.8 Å². The van der Waals surface area contributed by atoms with Gasteiger partial charge in [0.2, 0.25) is 0 Å². The number of fused-ring (bicyclic) bond motifs is 10. The van der Waals surface area contributed by atoms with Crippen LogP contribution in [0.1, 0.15) is 25.0 Å². The number of hydrogen-bond donors (Lipinski definition) is 0. The normalized spacial score (nSPS) is 13.5. The van der Waals surface area contributed by atoms with Crippen molar-refractivity contribution in [3.05, 3.63) is 169 Å². The maximum Gasteiger partial charge on any atom is 0.162 e. The summed E-state index contributed by atoms with van der Waals surface area (Å²) in [7, 11) is 0. The van der Waals surface area contributed by atoms with Gasteiger partial charge < -0.3 is 8.98 Å². The first-order valence-electron chi connectivity index (χ1n) is 17.6. The fourth-order valence-electron chi connectivity index (χ4n) is 8.74. The smallest absolute Gasteiger partial charge is 0.162 e. The van der Waals surface area contributed by atoms with Crippen molar-refractivity contribution >= 4 is 54.8 Å². The molecular weight excluding hydrogens is 621 g/mol. The molecule has 3 heteroatoms. The fourth-order valence-corrected chi connectivity index (χ4v) is 8.74. The third-order valence-electron chi connectivity index (χ3n) is 11.2. The van der Waals surface area contributed by atoms with Crippen LogP contribution in [0.3, 0.4) is 0 Å². The van der Waals surface area contributed by atoms with Gasteiger partial charge in [-0.15, -0.1) is 0 Å². The highest BCUT2D eigenvalue weighted by atomic mass is 16.3. The van der Waals surface area contributed by atoms with Crippen LogP contribution in [-0.4, -0.2) is 9.55 Å². The number of para-hydroxylation sites is 3. The van der Waals surface area contributed by atoms with Gasteiger partial charge >= 0.3 is 0 Å². The molecule has 51 heavy (non-hydrogen) atoms. The number of nitrogens with zero attached hydrogens (tertiary/aromatic N) is 2. The summed E-state index contributed by atoms with van der Waals surface area (Å²) in [6.45, 7) is 4.71. The highest BCUT2D eigenvalue weighted by Gasteiger charge is 2.36. The predicted octanol–water partition coefficient (Wildman–Crippen LogP) is 12.9. The summed E-state index contributed by atoms with van der Waals surface area (Å²) >= 11 is 0. The van der Waals surface area contributed by atoms with Gasteiger partial charge in [0.25, 0.3) is 0 Å². The largest absolute Gasteiger partial charge is 0.454 e. The molecule has 0 radical (unpaired) electrons. The minimum atomic E-state index is -0.0773. The van der Waals surface area contributed by atoms with Crippen LogP contribution < -0.4 is 0 Å². The molecule has 0 N–H and O–H groups in total. The summed E-state index contributed by atoms with van der Waals surface area (Å²) in [5.74, 6) is 0. The van der Waals surface area contributed by atoms with E-state index in [1.807, 2.05) is 18.2 Å². The maximum absolute atomic E-state index is 6.54. The minimum absolute atomic E-state index is 0.0773. The highest BCUT2D eigenvalue weighted by Crippen LogP contribution is 2.51. The van der Waals surface area contributed by atoms with E-state index in [1.165, 1.54) is 44.1 Å². The molecule has 0 atom stereocenters. The van der Waals surface area contributed by atoms with Gasteiger partial charge in [0, 0.05) is 38.2 Å². The van der Waals surface area contributed by atoms with Crippen molar-refractivity contribution < 1.29 is 4.42 Å². The number of furan rings is 1. The number of hydrogen-bond acceptors (Lipinski definition) is 2. The Hall–Kier alpha value is -6.45. The molecule has 11 rings (SSSR count). The van der Waals surface area contributed by atoms with Gasteiger partial charge in [-0.05, 0) is 93.5 Å². The van der Waals surface area contributed by atoms with Crippen molar-refractivity contribution in [1.82, 2.24) is 9.55 Å². The quantitative estimate of drug-likeness (QED) is 0.190. The summed E-state index contributed by atoms with van der Waals surface area (Å²) in [5, 5.41) is 4.67. The Bertz CT molecular complexity index is 3070. The minimum Gasteiger partial charge on any atom is -0.454 e. The summed E-state index contributed by atoms with van der Waals surface area (Å²) in [6.07, 6.45) is 0. The van der Waals surface area contributed by atoms with Crippen molar-refractivity contribution in [1.29, 1.82) is 0 Å². The Morgan fingerprint density at radius 1 is 0.510 bits per heavy atom. The van der Waals surface area contributed by atoms with Crippen LogP contribution in [0.2, 0.25) is 0 Å². The van der Waals surface area contributed by atoms with Crippen LogP contribution in [0.4, 0.5) is 0 Å². The van der Waals surface area contributed by atoms with Crippen LogP contribution in [0.5, 0.6) is 0 Å². The van der Waals surface area contributed by atoms with E-state index in [1.54, 1.807) is 0 Å². The molecule has 1 aliphatic carbocycles. The zero-order chi connectivity index (χ0) is 33.8. The van der Waals surface area contributed by atoms with Crippen LogP contribution in [0.15, 0.2) is 162 Å². The number of pyridine rings is 1. The van der Waals surface area contributed by atoms with Crippen LogP contribution >= 0.6 is 0 Å². The average Bonchev–Trinajstić information content (AvgIpc) is 3.78. The van der Waals surface area contributed by atoms with E-state index in [0.717, 1.165) is 60.9 Å². The molecular formula is C48H32N2O. The first kappa shape index (κ1) is 28.4. The summed E-state index contributed by atoms with van der Waals surface area (Å²) in [5.41, 5.74) is 17.0. The van der Waals surface area contributed by atoms with E-state index >= 15 is 0 Å². The van der Waals surface area contributed by atoms with Crippen molar-refractivity contribution in [3.8, 4) is 39.1 Å². The second kappa shape index (κ2) is 10.3.